The third-order valence-corrected chi connectivity index (χ3v) is 4.47. The van der Waals surface area contributed by atoms with E-state index >= 15 is 0 Å². The Morgan fingerprint density at radius 3 is 2.32 bits per heavy atom. The lowest BCUT2D eigenvalue weighted by molar-refractivity contribution is -0.118. The summed E-state index contributed by atoms with van der Waals surface area (Å²) < 4.78 is 5.20. The van der Waals surface area contributed by atoms with Gasteiger partial charge in [0.05, 0.1) is 12.5 Å². The number of nitrogens with one attached hydrogen (secondary N) is 1. The maximum absolute atomic E-state index is 12.7. The molecule has 3 nitrogen and oxygen atoms in total. The summed E-state index contributed by atoms with van der Waals surface area (Å²) in [5.74, 6) is 0.889. The van der Waals surface area contributed by atoms with Gasteiger partial charge in [-0.15, -0.1) is 0 Å². The van der Waals surface area contributed by atoms with Crippen molar-refractivity contribution < 1.29 is 9.53 Å². The summed E-state index contributed by atoms with van der Waals surface area (Å²) >= 11 is 0. The van der Waals surface area contributed by atoms with Gasteiger partial charge in [-0.25, -0.2) is 0 Å². The topological polar surface area (TPSA) is 38.3 Å². The SMILES string of the molecule is COc1ccc(NC(=O)C2(c3ccc(C)cc3)CC2)c(C)c1. The van der Waals surface area contributed by atoms with Crippen molar-refractivity contribution in [2.45, 2.75) is 32.1 Å². The number of hydrogen-bond donors (Lipinski definition) is 1. The van der Waals surface area contributed by atoms with Crippen LogP contribution in [0.25, 0.3) is 0 Å². The van der Waals surface area contributed by atoms with Gasteiger partial charge in [0, 0.05) is 5.69 Å². The molecule has 0 radical (unpaired) electrons. The average molecular weight is 295 g/mol. The van der Waals surface area contributed by atoms with E-state index < -0.39 is 0 Å². The molecule has 114 valence electrons. The predicted octanol–water partition coefficient (Wildman–Crippen LogP) is 3.98. The van der Waals surface area contributed by atoms with Crippen molar-refractivity contribution in [3.05, 3.63) is 59.2 Å². The summed E-state index contributed by atoms with van der Waals surface area (Å²) in [5, 5.41) is 3.08. The van der Waals surface area contributed by atoms with E-state index in [1.165, 1.54) is 5.56 Å². The molecular weight excluding hydrogens is 274 g/mol. The Balaban J connectivity index is 1.81. The molecule has 1 N–H and O–H groups in total. The number of anilines is 1. The van der Waals surface area contributed by atoms with Gasteiger partial charge in [0.15, 0.2) is 0 Å². The number of carbonyl (C=O) groups excluding carboxylic acids is 1. The number of amides is 1. The van der Waals surface area contributed by atoms with Gasteiger partial charge in [-0.3, -0.25) is 4.79 Å². The molecule has 0 heterocycles. The van der Waals surface area contributed by atoms with E-state index in [9.17, 15) is 4.79 Å². The maximum Gasteiger partial charge on any atom is 0.235 e. The number of rotatable bonds is 4. The molecule has 2 aromatic rings. The Hall–Kier alpha value is -2.29. The summed E-state index contributed by atoms with van der Waals surface area (Å²) in [7, 11) is 1.64. The Morgan fingerprint density at radius 1 is 1.09 bits per heavy atom. The van der Waals surface area contributed by atoms with Gasteiger partial charge in [0.1, 0.15) is 5.75 Å². The highest BCUT2D eigenvalue weighted by atomic mass is 16.5. The smallest absolute Gasteiger partial charge is 0.235 e. The fourth-order valence-electron chi connectivity index (χ4n) is 2.79. The van der Waals surface area contributed by atoms with E-state index in [4.69, 9.17) is 4.74 Å². The molecule has 0 spiro atoms. The van der Waals surface area contributed by atoms with Gasteiger partial charge in [-0.05, 0) is 56.0 Å². The molecule has 0 aliphatic heterocycles. The fourth-order valence-corrected chi connectivity index (χ4v) is 2.79. The second-order valence-corrected chi connectivity index (χ2v) is 6.08. The third kappa shape index (κ3) is 2.59. The summed E-state index contributed by atoms with van der Waals surface area (Å²) in [6.45, 7) is 4.04. The highest BCUT2D eigenvalue weighted by molar-refractivity contribution is 6.01. The first kappa shape index (κ1) is 14.6. The van der Waals surface area contributed by atoms with Gasteiger partial charge in [-0.2, -0.15) is 0 Å². The van der Waals surface area contributed by atoms with E-state index in [1.807, 2.05) is 25.1 Å². The summed E-state index contributed by atoms with van der Waals surface area (Å²) in [5.41, 5.74) is 3.84. The molecule has 0 bridgehead atoms. The largest absolute Gasteiger partial charge is 0.497 e. The molecule has 3 rings (SSSR count). The second-order valence-electron chi connectivity index (χ2n) is 6.08. The van der Waals surface area contributed by atoms with Gasteiger partial charge < -0.3 is 10.1 Å². The fraction of sp³-hybridized carbons (Fsp3) is 0.316. The van der Waals surface area contributed by atoms with E-state index in [1.54, 1.807) is 7.11 Å². The molecule has 2 aromatic carbocycles. The molecule has 0 aromatic heterocycles. The minimum absolute atomic E-state index is 0.0876. The van der Waals surface area contributed by atoms with Crippen LogP contribution in [-0.2, 0) is 10.2 Å². The van der Waals surface area contributed by atoms with Crippen LogP contribution in [-0.4, -0.2) is 13.0 Å². The highest BCUT2D eigenvalue weighted by Gasteiger charge is 2.51. The molecule has 1 aliphatic rings. The van der Waals surface area contributed by atoms with Crippen LogP contribution >= 0.6 is 0 Å². The first-order valence-electron chi connectivity index (χ1n) is 7.58. The molecule has 1 saturated carbocycles. The van der Waals surface area contributed by atoms with Crippen LogP contribution in [0.2, 0.25) is 0 Å². The van der Waals surface area contributed by atoms with E-state index in [0.29, 0.717) is 0 Å². The molecular formula is C19H21NO2. The summed E-state index contributed by atoms with van der Waals surface area (Å²) in [6.07, 6.45) is 1.83. The van der Waals surface area contributed by atoms with Crippen LogP contribution in [0.15, 0.2) is 42.5 Å². The Bertz CT molecular complexity index is 700. The lowest BCUT2D eigenvalue weighted by atomic mass is 9.94. The van der Waals surface area contributed by atoms with Crippen LogP contribution < -0.4 is 10.1 Å². The summed E-state index contributed by atoms with van der Waals surface area (Å²) in [4.78, 5) is 12.7. The molecule has 0 atom stereocenters. The zero-order chi connectivity index (χ0) is 15.7. The lowest BCUT2D eigenvalue weighted by Crippen LogP contribution is -2.28. The van der Waals surface area contributed by atoms with Crippen molar-refractivity contribution in [3.63, 3.8) is 0 Å². The van der Waals surface area contributed by atoms with Crippen LogP contribution in [0.5, 0.6) is 5.75 Å². The Kier molecular flexibility index (Phi) is 3.65. The zero-order valence-corrected chi connectivity index (χ0v) is 13.3. The van der Waals surface area contributed by atoms with E-state index in [0.717, 1.165) is 35.4 Å². The number of methoxy groups -OCH3 is 1. The molecule has 22 heavy (non-hydrogen) atoms. The van der Waals surface area contributed by atoms with Crippen molar-refractivity contribution in [2.75, 3.05) is 12.4 Å². The lowest BCUT2D eigenvalue weighted by Gasteiger charge is -2.17. The number of ether oxygens (including phenoxy) is 1. The second kappa shape index (κ2) is 5.48. The predicted molar refractivity (Wildman–Crippen MR) is 88.5 cm³/mol. The number of benzene rings is 2. The standard InChI is InChI=1S/C19H21NO2/c1-13-4-6-15(7-5-13)19(10-11-19)18(21)20-17-9-8-16(22-3)12-14(17)2/h4-9,12H,10-11H2,1-3H3,(H,20,21). The molecule has 3 heteroatoms. The molecule has 1 fully saturated rings. The van der Waals surface area contributed by atoms with Crippen LogP contribution in [0.1, 0.15) is 29.5 Å². The van der Waals surface area contributed by atoms with Crippen LogP contribution in [0.4, 0.5) is 5.69 Å². The quantitative estimate of drug-likeness (QED) is 0.926. The number of hydrogen-bond acceptors (Lipinski definition) is 2. The monoisotopic (exact) mass is 295 g/mol. The normalized spacial score (nSPS) is 15.2. The highest BCUT2D eigenvalue weighted by Crippen LogP contribution is 2.49. The number of aryl methyl sites for hydroxylation is 2. The van der Waals surface area contributed by atoms with Crippen molar-refractivity contribution in [3.8, 4) is 5.75 Å². The van der Waals surface area contributed by atoms with Gasteiger partial charge >= 0.3 is 0 Å². The van der Waals surface area contributed by atoms with Crippen molar-refractivity contribution >= 4 is 11.6 Å². The number of carbonyl (C=O) groups is 1. The average Bonchev–Trinajstić information content (AvgIpc) is 3.31. The van der Waals surface area contributed by atoms with E-state index in [2.05, 4.69) is 36.5 Å². The molecule has 0 unspecified atom stereocenters. The minimum atomic E-state index is -0.347. The maximum atomic E-state index is 12.7. The molecule has 1 aliphatic carbocycles. The summed E-state index contributed by atoms with van der Waals surface area (Å²) in [6, 6.07) is 14.0. The Morgan fingerprint density at radius 2 is 1.77 bits per heavy atom. The van der Waals surface area contributed by atoms with Gasteiger partial charge in [0.25, 0.3) is 0 Å². The van der Waals surface area contributed by atoms with Crippen molar-refractivity contribution in [2.24, 2.45) is 0 Å². The van der Waals surface area contributed by atoms with Gasteiger partial charge in [0.2, 0.25) is 5.91 Å². The molecule has 1 amide bonds. The van der Waals surface area contributed by atoms with Crippen molar-refractivity contribution in [1.29, 1.82) is 0 Å². The van der Waals surface area contributed by atoms with E-state index in [-0.39, 0.29) is 11.3 Å². The first-order chi connectivity index (χ1) is 10.5. The van der Waals surface area contributed by atoms with Crippen LogP contribution in [0, 0.1) is 13.8 Å². The van der Waals surface area contributed by atoms with Crippen LogP contribution in [0.3, 0.4) is 0 Å². The zero-order valence-electron chi connectivity index (χ0n) is 13.3. The third-order valence-electron chi connectivity index (χ3n) is 4.47. The Labute approximate surface area is 131 Å². The minimum Gasteiger partial charge on any atom is -0.497 e. The molecule has 0 saturated heterocycles. The first-order valence-corrected chi connectivity index (χ1v) is 7.58. The van der Waals surface area contributed by atoms with Gasteiger partial charge in [-0.1, -0.05) is 29.8 Å². The van der Waals surface area contributed by atoms with Crippen molar-refractivity contribution in [1.82, 2.24) is 0 Å².